The van der Waals surface area contributed by atoms with Gasteiger partial charge in [0.1, 0.15) is 22.3 Å². The minimum absolute atomic E-state index is 0.546. The molecule has 50 heavy (non-hydrogen) atoms. The Morgan fingerprint density at radius 3 is 1.40 bits per heavy atom. The maximum atomic E-state index is 6.44. The van der Waals surface area contributed by atoms with E-state index in [0.717, 1.165) is 82.8 Å². The van der Waals surface area contributed by atoms with Gasteiger partial charge in [0.25, 0.3) is 0 Å². The molecule has 0 atom stereocenters. The number of hydrogen-bond acceptors (Lipinski definition) is 5. The topological polar surface area (TPSA) is 65.0 Å². The van der Waals surface area contributed by atoms with Crippen LogP contribution < -0.4 is 0 Å². The molecule has 7 aromatic carbocycles. The average Bonchev–Trinajstić information content (AvgIpc) is 3.77. The Bertz CT molecular complexity index is 2890. The molecule has 10 aromatic rings. The second-order valence-corrected chi connectivity index (χ2v) is 12.4. The minimum atomic E-state index is 0.546. The Morgan fingerprint density at radius 1 is 0.300 bits per heavy atom. The molecule has 0 saturated carbocycles. The quantitative estimate of drug-likeness (QED) is 0.187. The van der Waals surface area contributed by atoms with E-state index in [1.54, 1.807) is 0 Å². The van der Waals surface area contributed by atoms with Crippen molar-refractivity contribution in [1.82, 2.24) is 15.0 Å². The molecular formula is C45H27N3O2. The summed E-state index contributed by atoms with van der Waals surface area (Å²) in [6, 6.07) is 55.7. The lowest BCUT2D eigenvalue weighted by atomic mass is 10.00. The van der Waals surface area contributed by atoms with E-state index in [9.17, 15) is 0 Å². The standard InChI is InChI=1S/C45H27N3O2/c1-2-12-28(13-3-1)29-14-8-16-31(26-29)43-46-44(48-45(47-43)38-23-11-22-37-35-19-5-7-25-40(35)50-42(37)38)32-17-9-15-30(27-32)33-20-10-21-36-34-18-4-6-24-39(34)49-41(33)36/h1-27H. The normalized spacial score (nSPS) is 11.6. The molecule has 0 aliphatic carbocycles. The number of para-hydroxylation sites is 4. The van der Waals surface area contributed by atoms with E-state index in [1.165, 1.54) is 0 Å². The second kappa shape index (κ2) is 11.4. The summed E-state index contributed by atoms with van der Waals surface area (Å²) < 4.78 is 12.8. The molecule has 3 aromatic heterocycles. The fourth-order valence-corrected chi connectivity index (χ4v) is 6.95. The van der Waals surface area contributed by atoms with Crippen LogP contribution in [0.15, 0.2) is 173 Å². The first-order valence-electron chi connectivity index (χ1n) is 16.6. The first-order valence-corrected chi connectivity index (χ1v) is 16.6. The van der Waals surface area contributed by atoms with Gasteiger partial charge in [-0.15, -0.1) is 0 Å². The summed E-state index contributed by atoms with van der Waals surface area (Å²) in [7, 11) is 0. The van der Waals surface area contributed by atoms with Crippen molar-refractivity contribution in [2.75, 3.05) is 0 Å². The third kappa shape index (κ3) is 4.67. The maximum absolute atomic E-state index is 6.44. The molecular weight excluding hydrogens is 615 g/mol. The number of hydrogen-bond donors (Lipinski definition) is 0. The zero-order valence-electron chi connectivity index (χ0n) is 26.7. The lowest BCUT2D eigenvalue weighted by Crippen LogP contribution is -2.00. The van der Waals surface area contributed by atoms with Gasteiger partial charge < -0.3 is 8.83 Å². The number of furan rings is 2. The van der Waals surface area contributed by atoms with Gasteiger partial charge in [-0.25, -0.2) is 15.0 Å². The van der Waals surface area contributed by atoms with Crippen LogP contribution in [-0.4, -0.2) is 15.0 Å². The van der Waals surface area contributed by atoms with E-state index >= 15 is 0 Å². The van der Waals surface area contributed by atoms with Crippen molar-refractivity contribution in [3.05, 3.63) is 164 Å². The van der Waals surface area contributed by atoms with Gasteiger partial charge in [0.15, 0.2) is 17.5 Å². The van der Waals surface area contributed by atoms with Crippen LogP contribution in [-0.2, 0) is 0 Å². The molecule has 0 unspecified atom stereocenters. The summed E-state index contributed by atoms with van der Waals surface area (Å²) in [4.78, 5) is 15.3. The van der Waals surface area contributed by atoms with Crippen molar-refractivity contribution in [2.24, 2.45) is 0 Å². The van der Waals surface area contributed by atoms with Gasteiger partial charge in [0.05, 0.1) is 5.56 Å². The first kappa shape index (κ1) is 28.2. The molecule has 0 N–H and O–H groups in total. The summed E-state index contributed by atoms with van der Waals surface area (Å²) in [5, 5.41) is 4.27. The monoisotopic (exact) mass is 641 g/mol. The highest BCUT2D eigenvalue weighted by Gasteiger charge is 2.19. The third-order valence-corrected chi connectivity index (χ3v) is 9.34. The molecule has 3 heterocycles. The largest absolute Gasteiger partial charge is 0.455 e. The minimum Gasteiger partial charge on any atom is -0.455 e. The first-order chi connectivity index (χ1) is 24.8. The molecule has 0 spiro atoms. The summed E-state index contributed by atoms with van der Waals surface area (Å²) in [6.45, 7) is 0. The molecule has 0 fully saturated rings. The van der Waals surface area contributed by atoms with Crippen LogP contribution >= 0.6 is 0 Å². The molecule has 0 amide bonds. The fourth-order valence-electron chi connectivity index (χ4n) is 6.95. The van der Waals surface area contributed by atoms with Gasteiger partial charge >= 0.3 is 0 Å². The molecule has 5 heteroatoms. The van der Waals surface area contributed by atoms with Crippen molar-refractivity contribution in [2.45, 2.75) is 0 Å². The van der Waals surface area contributed by atoms with Gasteiger partial charge in [0.2, 0.25) is 0 Å². The molecule has 0 radical (unpaired) electrons. The summed E-state index contributed by atoms with van der Waals surface area (Å²) in [6.07, 6.45) is 0. The Hall–Kier alpha value is -6.85. The molecule has 0 saturated heterocycles. The number of nitrogens with zero attached hydrogens (tertiary/aromatic N) is 3. The molecule has 10 rings (SSSR count). The highest BCUT2D eigenvalue weighted by molar-refractivity contribution is 6.10. The number of rotatable bonds is 5. The number of aromatic nitrogens is 3. The van der Waals surface area contributed by atoms with E-state index in [0.29, 0.717) is 17.5 Å². The summed E-state index contributed by atoms with van der Waals surface area (Å²) in [5.41, 5.74) is 10.1. The Balaban J connectivity index is 1.17. The van der Waals surface area contributed by atoms with Crippen molar-refractivity contribution >= 4 is 43.9 Å². The van der Waals surface area contributed by atoms with Gasteiger partial charge in [-0.3, -0.25) is 0 Å². The molecule has 0 aliphatic rings. The molecule has 234 valence electrons. The average molecular weight is 642 g/mol. The zero-order chi connectivity index (χ0) is 33.0. The fraction of sp³-hybridized carbons (Fsp3) is 0. The van der Waals surface area contributed by atoms with Gasteiger partial charge in [-0.2, -0.15) is 0 Å². The van der Waals surface area contributed by atoms with Crippen molar-refractivity contribution in [3.63, 3.8) is 0 Å². The van der Waals surface area contributed by atoms with Crippen LogP contribution in [0, 0.1) is 0 Å². The van der Waals surface area contributed by atoms with Gasteiger partial charge in [-0.05, 0) is 47.0 Å². The molecule has 0 aliphatic heterocycles. The third-order valence-electron chi connectivity index (χ3n) is 9.34. The maximum Gasteiger partial charge on any atom is 0.167 e. The second-order valence-electron chi connectivity index (χ2n) is 12.4. The van der Waals surface area contributed by atoms with Gasteiger partial charge in [0, 0.05) is 38.2 Å². The lowest BCUT2D eigenvalue weighted by Gasteiger charge is -2.11. The van der Waals surface area contributed by atoms with E-state index < -0.39 is 0 Å². The Labute approximate surface area is 287 Å². The summed E-state index contributed by atoms with van der Waals surface area (Å²) >= 11 is 0. The highest BCUT2D eigenvalue weighted by Crippen LogP contribution is 2.38. The van der Waals surface area contributed by atoms with Crippen LogP contribution in [0.2, 0.25) is 0 Å². The van der Waals surface area contributed by atoms with E-state index in [2.05, 4.69) is 84.9 Å². The van der Waals surface area contributed by atoms with E-state index in [4.69, 9.17) is 23.8 Å². The number of fused-ring (bicyclic) bond motifs is 6. The molecule has 5 nitrogen and oxygen atoms in total. The SMILES string of the molecule is c1ccc(-c2cccc(-c3nc(-c4cccc(-c5cccc6c5oc5ccccc56)c4)nc(-c4cccc5c4oc4ccccc45)n3)c2)cc1. The van der Waals surface area contributed by atoms with Crippen molar-refractivity contribution in [3.8, 4) is 56.4 Å². The van der Waals surface area contributed by atoms with E-state index in [-0.39, 0.29) is 0 Å². The predicted octanol–water partition coefficient (Wildman–Crippen LogP) is 12.0. The predicted molar refractivity (Wildman–Crippen MR) is 202 cm³/mol. The highest BCUT2D eigenvalue weighted by atomic mass is 16.3. The summed E-state index contributed by atoms with van der Waals surface area (Å²) in [5.74, 6) is 1.70. The Morgan fingerprint density at radius 2 is 0.740 bits per heavy atom. The van der Waals surface area contributed by atoms with Crippen LogP contribution in [0.25, 0.3) is 100 Å². The van der Waals surface area contributed by atoms with Gasteiger partial charge in [-0.1, -0.05) is 133 Å². The van der Waals surface area contributed by atoms with Crippen molar-refractivity contribution < 1.29 is 8.83 Å². The van der Waals surface area contributed by atoms with E-state index in [1.807, 2.05) is 78.9 Å². The van der Waals surface area contributed by atoms with Crippen LogP contribution in [0.5, 0.6) is 0 Å². The zero-order valence-corrected chi connectivity index (χ0v) is 26.7. The van der Waals surface area contributed by atoms with Crippen molar-refractivity contribution in [1.29, 1.82) is 0 Å². The number of benzene rings is 7. The smallest absolute Gasteiger partial charge is 0.167 e. The molecule has 0 bridgehead atoms. The van der Waals surface area contributed by atoms with Crippen LogP contribution in [0.1, 0.15) is 0 Å². The Kier molecular flexibility index (Phi) is 6.42. The van der Waals surface area contributed by atoms with Crippen LogP contribution in [0.3, 0.4) is 0 Å². The lowest BCUT2D eigenvalue weighted by molar-refractivity contribution is 0.669. The van der Waals surface area contributed by atoms with Crippen LogP contribution in [0.4, 0.5) is 0 Å².